The monoisotopic (exact) mass is 299 g/mol. The number of anilines is 1. The van der Waals surface area contributed by atoms with E-state index in [-0.39, 0.29) is 11.2 Å². The minimum absolute atomic E-state index is 0.121. The van der Waals surface area contributed by atoms with Gasteiger partial charge in [0.15, 0.2) is 0 Å². The van der Waals surface area contributed by atoms with Crippen LogP contribution in [-0.4, -0.2) is 21.3 Å². The van der Waals surface area contributed by atoms with Gasteiger partial charge in [0.2, 0.25) is 10.0 Å². The molecule has 0 fully saturated rings. The highest BCUT2D eigenvalue weighted by atomic mass is 32.2. The Morgan fingerprint density at radius 1 is 1.25 bits per heavy atom. The van der Waals surface area contributed by atoms with Crippen LogP contribution in [0.5, 0.6) is 5.75 Å². The number of sulfonamides is 1. The molecule has 0 saturated heterocycles. The molecule has 1 rings (SSSR count). The average molecular weight is 299 g/mol. The van der Waals surface area contributed by atoms with Crippen molar-refractivity contribution in [3.63, 3.8) is 0 Å². The van der Waals surface area contributed by atoms with E-state index >= 15 is 0 Å². The molecule has 0 amide bonds. The third kappa shape index (κ3) is 4.13. The van der Waals surface area contributed by atoms with Gasteiger partial charge in [-0.05, 0) is 36.5 Å². The van der Waals surface area contributed by atoms with Gasteiger partial charge in [-0.2, -0.15) is 0 Å². The minimum atomic E-state index is -3.28. The lowest BCUT2D eigenvalue weighted by Crippen LogP contribution is -2.19. The zero-order chi connectivity index (χ0) is 15.6. The van der Waals surface area contributed by atoms with Crippen LogP contribution in [0.15, 0.2) is 12.1 Å². The van der Waals surface area contributed by atoms with Crippen LogP contribution < -0.4 is 9.46 Å². The topological polar surface area (TPSA) is 55.4 Å². The van der Waals surface area contributed by atoms with Crippen molar-refractivity contribution in [2.24, 2.45) is 0 Å². The molecule has 0 saturated carbocycles. The van der Waals surface area contributed by atoms with Gasteiger partial charge >= 0.3 is 0 Å². The summed E-state index contributed by atoms with van der Waals surface area (Å²) in [6.45, 7) is 9.94. The number of nitrogens with one attached hydrogen (secondary N) is 1. The summed E-state index contributed by atoms with van der Waals surface area (Å²) in [7, 11) is -1.65. The molecule has 0 aliphatic carbocycles. The molecule has 0 bridgehead atoms. The molecule has 4 nitrogen and oxygen atoms in total. The summed E-state index contributed by atoms with van der Waals surface area (Å²) in [6.07, 6.45) is 0.594. The van der Waals surface area contributed by atoms with Crippen LogP contribution in [0, 0.1) is 6.92 Å². The zero-order valence-corrected chi connectivity index (χ0v) is 14.0. The molecule has 1 N–H and O–H groups in total. The van der Waals surface area contributed by atoms with Crippen molar-refractivity contribution in [1.82, 2.24) is 0 Å². The predicted molar refractivity (Wildman–Crippen MR) is 84.1 cm³/mol. The Morgan fingerprint density at radius 2 is 1.85 bits per heavy atom. The Labute approximate surface area is 122 Å². The van der Waals surface area contributed by atoms with Gasteiger partial charge in [0.25, 0.3) is 0 Å². The van der Waals surface area contributed by atoms with Crippen LogP contribution in [0.1, 0.15) is 45.2 Å². The lowest BCUT2D eigenvalue weighted by molar-refractivity contribution is 0.397. The van der Waals surface area contributed by atoms with Crippen molar-refractivity contribution in [3.05, 3.63) is 23.3 Å². The fourth-order valence-corrected chi connectivity index (χ4v) is 3.23. The number of benzene rings is 1. The van der Waals surface area contributed by atoms with Gasteiger partial charge in [0.1, 0.15) is 5.75 Å². The van der Waals surface area contributed by atoms with Crippen LogP contribution in [-0.2, 0) is 15.4 Å². The maximum atomic E-state index is 11.9. The van der Waals surface area contributed by atoms with Crippen molar-refractivity contribution in [2.75, 3.05) is 17.6 Å². The smallest absolute Gasteiger partial charge is 0.232 e. The van der Waals surface area contributed by atoms with Crippen molar-refractivity contribution in [1.29, 1.82) is 0 Å². The van der Waals surface area contributed by atoms with E-state index in [1.165, 1.54) is 0 Å². The molecular weight excluding hydrogens is 274 g/mol. The van der Waals surface area contributed by atoms with Crippen LogP contribution in [0.25, 0.3) is 0 Å². The van der Waals surface area contributed by atoms with Crippen molar-refractivity contribution in [3.8, 4) is 5.75 Å². The zero-order valence-electron chi connectivity index (χ0n) is 13.2. The normalized spacial score (nSPS) is 12.3. The van der Waals surface area contributed by atoms with Gasteiger partial charge in [-0.15, -0.1) is 0 Å². The van der Waals surface area contributed by atoms with Gasteiger partial charge in [0, 0.05) is 5.56 Å². The van der Waals surface area contributed by atoms with Crippen LogP contribution in [0.2, 0.25) is 0 Å². The molecule has 0 spiro atoms. The Hall–Kier alpha value is -1.23. The van der Waals surface area contributed by atoms with Crippen molar-refractivity contribution in [2.45, 2.75) is 46.5 Å². The van der Waals surface area contributed by atoms with E-state index in [9.17, 15) is 8.42 Å². The molecule has 1 aromatic rings. The Bertz CT molecular complexity index is 572. The standard InChI is InChI=1S/C15H25NO3S/c1-7-8-20(17,18)16-13-10-12(15(3,4)5)14(19-6)9-11(13)2/h9-10,16H,7-8H2,1-6H3. The highest BCUT2D eigenvalue weighted by Gasteiger charge is 2.21. The SMILES string of the molecule is CCCS(=O)(=O)Nc1cc(C(C)(C)C)c(OC)cc1C. The van der Waals surface area contributed by atoms with Gasteiger partial charge in [0.05, 0.1) is 18.6 Å². The lowest BCUT2D eigenvalue weighted by Gasteiger charge is -2.24. The number of aryl methyl sites for hydroxylation is 1. The van der Waals surface area contributed by atoms with Crippen LogP contribution >= 0.6 is 0 Å². The summed E-state index contributed by atoms with van der Waals surface area (Å²) in [5.41, 5.74) is 2.35. The Balaban J connectivity index is 3.29. The van der Waals surface area contributed by atoms with E-state index in [0.29, 0.717) is 12.1 Å². The van der Waals surface area contributed by atoms with E-state index in [1.807, 2.05) is 26.0 Å². The largest absolute Gasteiger partial charge is 0.496 e. The van der Waals surface area contributed by atoms with E-state index in [1.54, 1.807) is 7.11 Å². The first kappa shape index (κ1) is 16.8. The molecule has 0 aromatic heterocycles. The maximum Gasteiger partial charge on any atom is 0.232 e. The summed E-state index contributed by atoms with van der Waals surface area (Å²) in [5, 5.41) is 0. The third-order valence-corrected chi connectivity index (χ3v) is 4.57. The first-order valence-electron chi connectivity index (χ1n) is 6.80. The second-order valence-electron chi connectivity index (χ2n) is 6.04. The summed E-state index contributed by atoms with van der Waals surface area (Å²) >= 11 is 0. The van der Waals surface area contributed by atoms with E-state index < -0.39 is 10.0 Å². The molecule has 0 heterocycles. The first-order valence-corrected chi connectivity index (χ1v) is 8.45. The highest BCUT2D eigenvalue weighted by Crippen LogP contribution is 2.35. The molecule has 20 heavy (non-hydrogen) atoms. The Kier molecular flexibility index (Phi) is 5.08. The van der Waals surface area contributed by atoms with Gasteiger partial charge in [-0.25, -0.2) is 8.42 Å². The average Bonchev–Trinajstić information content (AvgIpc) is 2.29. The molecule has 5 heteroatoms. The fourth-order valence-electron chi connectivity index (χ4n) is 2.03. The quantitative estimate of drug-likeness (QED) is 0.906. The number of hydrogen-bond donors (Lipinski definition) is 1. The van der Waals surface area contributed by atoms with Crippen molar-refractivity contribution < 1.29 is 13.2 Å². The van der Waals surface area contributed by atoms with Gasteiger partial charge < -0.3 is 4.74 Å². The molecule has 0 atom stereocenters. The second kappa shape index (κ2) is 6.04. The third-order valence-electron chi connectivity index (χ3n) is 3.09. The van der Waals surface area contributed by atoms with E-state index in [2.05, 4.69) is 25.5 Å². The molecular formula is C15H25NO3S. The van der Waals surface area contributed by atoms with Crippen LogP contribution in [0.4, 0.5) is 5.69 Å². The number of methoxy groups -OCH3 is 1. The van der Waals surface area contributed by atoms with Gasteiger partial charge in [-0.3, -0.25) is 4.72 Å². The number of ether oxygens (including phenoxy) is 1. The van der Waals surface area contributed by atoms with E-state index in [4.69, 9.17) is 4.74 Å². The Morgan fingerprint density at radius 3 is 2.30 bits per heavy atom. The molecule has 0 unspecified atom stereocenters. The predicted octanol–water partition coefficient (Wildman–Crippen LogP) is 3.45. The molecule has 1 aromatic carbocycles. The molecule has 0 radical (unpaired) electrons. The minimum Gasteiger partial charge on any atom is -0.496 e. The van der Waals surface area contributed by atoms with Crippen LogP contribution in [0.3, 0.4) is 0 Å². The molecule has 0 aliphatic rings. The summed E-state index contributed by atoms with van der Waals surface area (Å²) in [6, 6.07) is 3.76. The van der Waals surface area contributed by atoms with E-state index in [0.717, 1.165) is 16.9 Å². The summed E-state index contributed by atoms with van der Waals surface area (Å²) in [5.74, 6) is 0.914. The number of rotatable bonds is 5. The fraction of sp³-hybridized carbons (Fsp3) is 0.600. The summed E-state index contributed by atoms with van der Waals surface area (Å²) in [4.78, 5) is 0. The second-order valence-corrected chi connectivity index (χ2v) is 7.88. The maximum absolute atomic E-state index is 11.9. The lowest BCUT2D eigenvalue weighted by atomic mass is 9.85. The first-order chi connectivity index (χ1) is 9.10. The molecule has 0 aliphatic heterocycles. The van der Waals surface area contributed by atoms with Gasteiger partial charge in [-0.1, -0.05) is 27.7 Å². The molecule has 114 valence electrons. The highest BCUT2D eigenvalue weighted by molar-refractivity contribution is 7.92. The van der Waals surface area contributed by atoms with Crippen molar-refractivity contribution >= 4 is 15.7 Å². The number of hydrogen-bond acceptors (Lipinski definition) is 3. The summed E-state index contributed by atoms with van der Waals surface area (Å²) < 4.78 is 31.9.